The zero-order valence-electron chi connectivity index (χ0n) is 20.2. The Morgan fingerprint density at radius 2 is 1.78 bits per heavy atom. The van der Waals surface area contributed by atoms with Gasteiger partial charge in [-0.3, -0.25) is 4.79 Å². The first-order valence-electron chi connectivity index (χ1n) is 12.2. The van der Waals surface area contributed by atoms with Crippen molar-refractivity contribution in [2.75, 3.05) is 42.5 Å². The second-order valence-electron chi connectivity index (χ2n) is 8.87. The van der Waals surface area contributed by atoms with Crippen molar-refractivity contribution in [1.82, 2.24) is 14.3 Å². The first-order valence-corrected chi connectivity index (χ1v) is 12.9. The van der Waals surface area contributed by atoms with Crippen LogP contribution in [-0.4, -0.2) is 52.9 Å². The van der Waals surface area contributed by atoms with Crippen molar-refractivity contribution in [3.05, 3.63) is 95.7 Å². The van der Waals surface area contributed by atoms with Gasteiger partial charge >= 0.3 is 0 Å². The Bertz CT molecular complexity index is 1300. The third kappa shape index (κ3) is 6.32. The number of carbonyl (C=O) groups excluding carboxylic acids is 1. The van der Waals surface area contributed by atoms with Crippen LogP contribution in [0.5, 0.6) is 0 Å². The number of furan rings is 1. The molecule has 1 aliphatic rings. The fourth-order valence-electron chi connectivity index (χ4n) is 4.36. The third-order valence-corrected chi connectivity index (χ3v) is 7.17. The van der Waals surface area contributed by atoms with Crippen LogP contribution < -0.4 is 9.80 Å². The Morgan fingerprint density at radius 3 is 2.51 bits per heavy atom. The predicted octanol–water partition coefficient (Wildman–Crippen LogP) is 4.75. The first kappa shape index (κ1) is 24.9. The summed E-state index contributed by atoms with van der Waals surface area (Å²) in [5.41, 5.74) is 1.50. The molecule has 0 atom stereocenters. The van der Waals surface area contributed by atoms with Gasteiger partial charge in [0.25, 0.3) is 0 Å². The summed E-state index contributed by atoms with van der Waals surface area (Å²) in [6.45, 7) is 3.20. The number of anilines is 2. The lowest BCUT2D eigenvalue weighted by Gasteiger charge is -2.36. The van der Waals surface area contributed by atoms with Crippen molar-refractivity contribution >= 4 is 28.3 Å². The van der Waals surface area contributed by atoms with E-state index < -0.39 is 0 Å². The summed E-state index contributed by atoms with van der Waals surface area (Å²) in [5, 5.41) is 0.700. The summed E-state index contributed by atoms with van der Waals surface area (Å²) in [5.74, 6) is 0.937. The molecule has 0 N–H and O–H groups in total. The van der Waals surface area contributed by atoms with Gasteiger partial charge in [-0.15, -0.1) is 0 Å². The highest BCUT2D eigenvalue weighted by Crippen LogP contribution is 2.23. The van der Waals surface area contributed by atoms with Gasteiger partial charge in [-0.25, -0.2) is 13.8 Å². The van der Waals surface area contributed by atoms with Gasteiger partial charge in [-0.05, 0) is 42.0 Å². The minimum atomic E-state index is -0.279. The van der Waals surface area contributed by atoms with Gasteiger partial charge in [0, 0.05) is 57.1 Å². The van der Waals surface area contributed by atoms with E-state index in [1.807, 2.05) is 32.9 Å². The number of halogens is 2. The molecule has 37 heavy (non-hydrogen) atoms. The number of benzene rings is 2. The van der Waals surface area contributed by atoms with E-state index in [1.54, 1.807) is 30.5 Å². The molecule has 3 heterocycles. The lowest BCUT2D eigenvalue weighted by atomic mass is 10.1. The SMILES string of the molecule is O=C(CCN(Cc1ccco1)c1nc(Cc2ccc(F)cc2)ns1)N1CCN(c2ccccc2F)CC1. The third-order valence-electron chi connectivity index (χ3n) is 6.35. The fraction of sp³-hybridized carbons (Fsp3) is 0.296. The van der Waals surface area contributed by atoms with Gasteiger partial charge in [-0.2, -0.15) is 4.37 Å². The summed E-state index contributed by atoms with van der Waals surface area (Å²) >= 11 is 1.27. The molecule has 1 saturated heterocycles. The fourth-order valence-corrected chi connectivity index (χ4v) is 5.07. The van der Waals surface area contributed by atoms with E-state index in [4.69, 9.17) is 4.42 Å². The highest BCUT2D eigenvalue weighted by atomic mass is 32.1. The molecule has 7 nitrogen and oxygen atoms in total. The topological polar surface area (TPSA) is 65.7 Å². The number of amides is 1. The maximum atomic E-state index is 14.1. The van der Waals surface area contributed by atoms with Crippen molar-refractivity contribution in [3.8, 4) is 0 Å². The van der Waals surface area contributed by atoms with Crippen LogP contribution in [0.4, 0.5) is 19.6 Å². The van der Waals surface area contributed by atoms with Crippen LogP contribution in [-0.2, 0) is 17.8 Å². The zero-order valence-corrected chi connectivity index (χ0v) is 21.0. The zero-order chi connectivity index (χ0) is 25.6. The van der Waals surface area contributed by atoms with E-state index in [-0.39, 0.29) is 17.5 Å². The van der Waals surface area contributed by atoms with Crippen molar-refractivity contribution < 1.29 is 18.0 Å². The number of nitrogens with zero attached hydrogens (tertiary/aromatic N) is 5. The molecule has 0 bridgehead atoms. The molecule has 1 aliphatic heterocycles. The largest absolute Gasteiger partial charge is 0.467 e. The number of aromatic nitrogens is 2. The summed E-state index contributed by atoms with van der Waals surface area (Å²) in [7, 11) is 0. The van der Waals surface area contributed by atoms with Gasteiger partial charge in [0.1, 0.15) is 23.2 Å². The lowest BCUT2D eigenvalue weighted by Crippen LogP contribution is -2.49. The van der Waals surface area contributed by atoms with Gasteiger partial charge < -0.3 is 19.1 Å². The number of hydrogen-bond acceptors (Lipinski definition) is 7. The minimum absolute atomic E-state index is 0.0497. The van der Waals surface area contributed by atoms with E-state index in [0.29, 0.717) is 68.8 Å². The Labute approximate surface area is 218 Å². The average molecular weight is 524 g/mol. The smallest absolute Gasteiger partial charge is 0.224 e. The molecular formula is C27H27F2N5O2S. The summed E-state index contributed by atoms with van der Waals surface area (Å²) < 4.78 is 37.4. The molecular weight excluding hydrogens is 496 g/mol. The monoisotopic (exact) mass is 523 g/mol. The Hall–Kier alpha value is -3.79. The van der Waals surface area contributed by atoms with Crippen molar-refractivity contribution in [2.24, 2.45) is 0 Å². The number of para-hydroxylation sites is 1. The van der Waals surface area contributed by atoms with E-state index in [9.17, 15) is 13.6 Å². The highest BCUT2D eigenvalue weighted by molar-refractivity contribution is 7.09. The van der Waals surface area contributed by atoms with E-state index in [2.05, 4.69) is 9.36 Å². The molecule has 0 spiro atoms. The second kappa shape index (κ2) is 11.5. The summed E-state index contributed by atoms with van der Waals surface area (Å²) in [4.78, 5) is 23.5. The molecule has 10 heteroatoms. The molecule has 0 unspecified atom stereocenters. The maximum absolute atomic E-state index is 14.1. The summed E-state index contributed by atoms with van der Waals surface area (Å²) in [6.07, 6.45) is 2.43. The molecule has 0 aliphatic carbocycles. The van der Waals surface area contributed by atoms with Crippen LogP contribution >= 0.6 is 11.5 Å². The van der Waals surface area contributed by atoms with Crippen molar-refractivity contribution in [2.45, 2.75) is 19.4 Å². The standard InChI is InChI=1S/C27H27F2N5O2S/c28-21-9-7-20(8-10-21)18-25-30-27(37-31-25)34(19-22-4-3-17-36-22)12-11-26(35)33-15-13-32(14-16-33)24-6-2-1-5-23(24)29/h1-10,17H,11-16,18-19H2. The molecule has 2 aromatic heterocycles. The van der Waals surface area contributed by atoms with Gasteiger partial charge in [0.05, 0.1) is 18.5 Å². The van der Waals surface area contributed by atoms with Crippen LogP contribution in [0, 0.1) is 11.6 Å². The minimum Gasteiger partial charge on any atom is -0.467 e. The van der Waals surface area contributed by atoms with Crippen LogP contribution in [0.15, 0.2) is 71.3 Å². The Kier molecular flexibility index (Phi) is 7.74. The quantitative estimate of drug-likeness (QED) is 0.316. The molecule has 0 saturated carbocycles. The second-order valence-corrected chi connectivity index (χ2v) is 9.60. The number of piperazine rings is 1. The molecule has 4 aromatic rings. The first-order chi connectivity index (χ1) is 18.0. The van der Waals surface area contributed by atoms with Crippen LogP contribution in [0.1, 0.15) is 23.6 Å². The van der Waals surface area contributed by atoms with Crippen LogP contribution in [0.2, 0.25) is 0 Å². The molecule has 5 rings (SSSR count). The number of hydrogen-bond donors (Lipinski definition) is 0. The number of carbonyl (C=O) groups is 1. The van der Waals surface area contributed by atoms with Gasteiger partial charge in [0.15, 0.2) is 0 Å². The van der Waals surface area contributed by atoms with E-state index >= 15 is 0 Å². The summed E-state index contributed by atoms with van der Waals surface area (Å²) in [6, 6.07) is 16.7. The average Bonchev–Trinajstić information content (AvgIpc) is 3.60. The molecule has 2 aromatic carbocycles. The normalized spacial score (nSPS) is 13.7. The lowest BCUT2D eigenvalue weighted by molar-refractivity contribution is -0.131. The van der Waals surface area contributed by atoms with Crippen LogP contribution in [0.25, 0.3) is 0 Å². The molecule has 1 fully saturated rings. The molecule has 0 radical (unpaired) electrons. The molecule has 192 valence electrons. The highest BCUT2D eigenvalue weighted by Gasteiger charge is 2.24. The Morgan fingerprint density at radius 1 is 1.00 bits per heavy atom. The predicted molar refractivity (Wildman–Crippen MR) is 139 cm³/mol. The van der Waals surface area contributed by atoms with E-state index in [0.717, 1.165) is 11.3 Å². The number of rotatable bonds is 9. The Balaban J connectivity index is 1.20. The van der Waals surface area contributed by atoms with Crippen molar-refractivity contribution in [3.63, 3.8) is 0 Å². The molecule has 1 amide bonds. The van der Waals surface area contributed by atoms with Gasteiger partial charge in [0.2, 0.25) is 11.0 Å². The van der Waals surface area contributed by atoms with Crippen molar-refractivity contribution in [1.29, 1.82) is 0 Å². The van der Waals surface area contributed by atoms with E-state index in [1.165, 1.54) is 29.7 Å². The van der Waals surface area contributed by atoms with Gasteiger partial charge in [-0.1, -0.05) is 24.3 Å². The van der Waals surface area contributed by atoms with Crippen LogP contribution in [0.3, 0.4) is 0 Å². The maximum Gasteiger partial charge on any atom is 0.224 e.